The highest BCUT2D eigenvalue weighted by molar-refractivity contribution is 6.09. The highest BCUT2D eigenvalue weighted by atomic mass is 16.5. The van der Waals surface area contributed by atoms with Gasteiger partial charge >= 0.3 is 5.97 Å². The van der Waals surface area contributed by atoms with Crippen LogP contribution in [0.4, 0.5) is 0 Å². The molecule has 2 heterocycles. The van der Waals surface area contributed by atoms with Gasteiger partial charge in [-0.25, -0.2) is 4.79 Å². The SMILES string of the molecule is CCCc1c(C(=O)OCC)[nH]c2c1c(=O)n(C(C(=O)NC1CCCCC1)c1ccc(C)cc1)c1ccccc21. The first kappa shape index (κ1) is 26.7. The maximum Gasteiger partial charge on any atom is 0.355 e. The Bertz CT molecular complexity index is 1560. The molecule has 7 heteroatoms. The maximum absolute atomic E-state index is 14.5. The Kier molecular flexibility index (Phi) is 7.87. The molecule has 5 rings (SSSR count). The number of para-hydroxylation sites is 1. The molecule has 204 valence electrons. The Balaban J connectivity index is 1.79. The summed E-state index contributed by atoms with van der Waals surface area (Å²) in [7, 11) is 0. The maximum atomic E-state index is 14.5. The summed E-state index contributed by atoms with van der Waals surface area (Å²) in [5, 5.41) is 4.50. The Morgan fingerprint density at radius 1 is 1.05 bits per heavy atom. The zero-order valence-electron chi connectivity index (χ0n) is 23.0. The van der Waals surface area contributed by atoms with Crippen molar-refractivity contribution in [2.75, 3.05) is 6.61 Å². The highest BCUT2D eigenvalue weighted by Crippen LogP contribution is 2.32. The number of carbonyl (C=O) groups is 2. The number of hydrogen-bond donors (Lipinski definition) is 2. The van der Waals surface area contributed by atoms with Crippen LogP contribution in [-0.2, 0) is 16.0 Å². The number of aromatic amines is 1. The van der Waals surface area contributed by atoms with Crippen LogP contribution in [0.1, 0.15) is 85.6 Å². The first-order chi connectivity index (χ1) is 18.9. The number of ether oxygens (including phenoxy) is 1. The molecule has 39 heavy (non-hydrogen) atoms. The van der Waals surface area contributed by atoms with Crippen LogP contribution in [0.3, 0.4) is 0 Å². The summed E-state index contributed by atoms with van der Waals surface area (Å²) in [6, 6.07) is 14.6. The second-order valence-electron chi connectivity index (χ2n) is 10.5. The molecule has 2 aromatic heterocycles. The largest absolute Gasteiger partial charge is 0.461 e. The number of H-pyrrole nitrogens is 1. The van der Waals surface area contributed by atoms with Crippen molar-refractivity contribution in [2.45, 2.75) is 77.8 Å². The van der Waals surface area contributed by atoms with E-state index in [2.05, 4.69) is 10.3 Å². The molecule has 2 aromatic carbocycles. The van der Waals surface area contributed by atoms with E-state index in [0.29, 0.717) is 34.1 Å². The number of esters is 1. The summed E-state index contributed by atoms with van der Waals surface area (Å²) >= 11 is 0. The zero-order chi connectivity index (χ0) is 27.5. The third-order valence-electron chi connectivity index (χ3n) is 7.80. The van der Waals surface area contributed by atoms with E-state index in [0.717, 1.165) is 48.6 Å². The summed E-state index contributed by atoms with van der Waals surface area (Å²) in [6.45, 7) is 6.02. The van der Waals surface area contributed by atoms with Crippen molar-refractivity contribution >= 4 is 33.7 Å². The molecule has 7 nitrogen and oxygen atoms in total. The second-order valence-corrected chi connectivity index (χ2v) is 10.5. The second kappa shape index (κ2) is 11.5. The van der Waals surface area contributed by atoms with Crippen LogP contribution in [0.2, 0.25) is 0 Å². The van der Waals surface area contributed by atoms with E-state index in [-0.39, 0.29) is 24.1 Å². The average molecular weight is 528 g/mol. The van der Waals surface area contributed by atoms with Crippen molar-refractivity contribution in [3.05, 3.63) is 81.3 Å². The monoisotopic (exact) mass is 527 g/mol. The van der Waals surface area contributed by atoms with Crippen LogP contribution in [0.25, 0.3) is 21.8 Å². The van der Waals surface area contributed by atoms with Gasteiger partial charge in [0, 0.05) is 11.4 Å². The molecule has 1 aliphatic rings. The molecule has 1 fully saturated rings. The van der Waals surface area contributed by atoms with Gasteiger partial charge in [-0.15, -0.1) is 0 Å². The minimum absolute atomic E-state index is 0.100. The number of aromatic nitrogens is 2. The lowest BCUT2D eigenvalue weighted by Crippen LogP contribution is -2.43. The topological polar surface area (TPSA) is 93.2 Å². The Morgan fingerprint density at radius 3 is 2.46 bits per heavy atom. The number of rotatable bonds is 8. The molecule has 1 aliphatic carbocycles. The van der Waals surface area contributed by atoms with Crippen molar-refractivity contribution in [2.24, 2.45) is 0 Å². The van der Waals surface area contributed by atoms with Crippen LogP contribution in [0.15, 0.2) is 53.3 Å². The van der Waals surface area contributed by atoms with Crippen LogP contribution in [0.5, 0.6) is 0 Å². The fourth-order valence-corrected chi connectivity index (χ4v) is 5.93. The fraction of sp³-hybridized carbons (Fsp3) is 0.406. The number of nitrogens with zero attached hydrogens (tertiary/aromatic N) is 1. The highest BCUT2D eigenvalue weighted by Gasteiger charge is 2.31. The van der Waals surface area contributed by atoms with E-state index >= 15 is 0 Å². The Morgan fingerprint density at radius 2 is 1.77 bits per heavy atom. The smallest absolute Gasteiger partial charge is 0.355 e. The Labute approximate surface area is 228 Å². The van der Waals surface area contributed by atoms with E-state index in [1.54, 1.807) is 11.5 Å². The molecule has 4 aromatic rings. The van der Waals surface area contributed by atoms with Crippen molar-refractivity contribution in [1.82, 2.24) is 14.9 Å². The quantitative estimate of drug-likeness (QED) is 0.277. The predicted molar refractivity (Wildman–Crippen MR) is 154 cm³/mol. The lowest BCUT2D eigenvalue weighted by atomic mass is 9.94. The molecule has 0 spiro atoms. The van der Waals surface area contributed by atoms with Gasteiger partial charge in [-0.1, -0.05) is 80.6 Å². The van der Waals surface area contributed by atoms with E-state index < -0.39 is 12.0 Å². The van der Waals surface area contributed by atoms with Crippen molar-refractivity contribution in [3.8, 4) is 0 Å². The summed E-state index contributed by atoms with van der Waals surface area (Å²) in [5.74, 6) is -0.659. The number of aryl methyl sites for hydroxylation is 2. The number of amides is 1. The number of fused-ring (bicyclic) bond motifs is 3. The normalized spacial score (nSPS) is 14.9. The minimum Gasteiger partial charge on any atom is -0.461 e. The molecule has 2 N–H and O–H groups in total. The van der Waals surface area contributed by atoms with Crippen molar-refractivity contribution in [1.29, 1.82) is 0 Å². The fourth-order valence-electron chi connectivity index (χ4n) is 5.93. The molecule has 1 amide bonds. The van der Waals surface area contributed by atoms with Gasteiger partial charge in [0.05, 0.1) is 23.0 Å². The lowest BCUT2D eigenvalue weighted by molar-refractivity contribution is -0.124. The third-order valence-corrected chi connectivity index (χ3v) is 7.80. The molecule has 1 unspecified atom stereocenters. The molecule has 0 bridgehead atoms. The van der Waals surface area contributed by atoms with Gasteiger partial charge in [0.25, 0.3) is 5.56 Å². The van der Waals surface area contributed by atoms with Crippen LogP contribution in [0, 0.1) is 6.92 Å². The Hall–Kier alpha value is -3.87. The molecule has 0 radical (unpaired) electrons. The van der Waals surface area contributed by atoms with Crippen LogP contribution in [-0.4, -0.2) is 34.1 Å². The lowest BCUT2D eigenvalue weighted by Gasteiger charge is -2.27. The van der Waals surface area contributed by atoms with Crippen LogP contribution >= 0.6 is 0 Å². The number of benzene rings is 2. The molecular weight excluding hydrogens is 490 g/mol. The van der Waals surface area contributed by atoms with Gasteiger partial charge in [0.15, 0.2) is 0 Å². The third kappa shape index (κ3) is 5.10. The van der Waals surface area contributed by atoms with Gasteiger partial charge in [0.2, 0.25) is 5.91 Å². The zero-order valence-corrected chi connectivity index (χ0v) is 23.0. The van der Waals surface area contributed by atoms with E-state index in [4.69, 9.17) is 4.74 Å². The summed E-state index contributed by atoms with van der Waals surface area (Å²) < 4.78 is 6.96. The van der Waals surface area contributed by atoms with Gasteiger partial charge in [-0.05, 0) is 50.3 Å². The van der Waals surface area contributed by atoms with E-state index in [1.807, 2.05) is 62.4 Å². The number of carbonyl (C=O) groups excluding carboxylic acids is 2. The summed E-state index contributed by atoms with van der Waals surface area (Å²) in [5.41, 5.74) is 3.74. The van der Waals surface area contributed by atoms with E-state index in [9.17, 15) is 14.4 Å². The number of nitrogens with one attached hydrogen (secondary N) is 2. The number of hydrogen-bond acceptors (Lipinski definition) is 4. The average Bonchev–Trinajstić information content (AvgIpc) is 3.32. The summed E-state index contributed by atoms with van der Waals surface area (Å²) in [4.78, 5) is 44.8. The standard InChI is InChI=1S/C32H37N3O4/c1-4-11-24-26-27(34-28(24)32(38)39-5-2)23-14-9-10-15-25(23)35(31(26)37)29(21-18-16-20(3)17-19-21)30(36)33-22-12-7-6-8-13-22/h9-10,14-19,22,29,34H,4-8,11-13H2,1-3H3,(H,33,36). The van der Waals surface area contributed by atoms with Crippen LogP contribution < -0.4 is 10.9 Å². The van der Waals surface area contributed by atoms with Gasteiger partial charge < -0.3 is 15.0 Å². The van der Waals surface area contributed by atoms with Gasteiger partial charge in [-0.3, -0.25) is 14.2 Å². The molecular formula is C32H37N3O4. The van der Waals surface area contributed by atoms with Gasteiger partial charge in [0.1, 0.15) is 11.7 Å². The first-order valence-electron chi connectivity index (χ1n) is 14.2. The number of pyridine rings is 1. The van der Waals surface area contributed by atoms with Crippen molar-refractivity contribution in [3.63, 3.8) is 0 Å². The van der Waals surface area contributed by atoms with E-state index in [1.165, 1.54) is 6.42 Å². The molecule has 1 atom stereocenters. The predicted octanol–water partition coefficient (Wildman–Crippen LogP) is 5.96. The first-order valence-corrected chi connectivity index (χ1v) is 14.2. The molecule has 0 aliphatic heterocycles. The molecule has 0 saturated heterocycles. The molecule has 1 saturated carbocycles. The summed E-state index contributed by atoms with van der Waals surface area (Å²) in [6.07, 6.45) is 6.54. The van der Waals surface area contributed by atoms with Crippen molar-refractivity contribution < 1.29 is 14.3 Å². The minimum atomic E-state index is -0.857. The van der Waals surface area contributed by atoms with Gasteiger partial charge in [-0.2, -0.15) is 0 Å².